The second-order valence-corrected chi connectivity index (χ2v) is 4.30. The van der Waals surface area contributed by atoms with E-state index in [0.717, 1.165) is 25.9 Å². The molecule has 3 heteroatoms. The molecule has 1 aromatic rings. The summed E-state index contributed by atoms with van der Waals surface area (Å²) in [6.07, 6.45) is 3.47. The fourth-order valence-corrected chi connectivity index (χ4v) is 2.09. The minimum Gasteiger partial charge on any atom is -0.339 e. The van der Waals surface area contributed by atoms with Gasteiger partial charge in [-0.3, -0.25) is 4.79 Å². The van der Waals surface area contributed by atoms with Gasteiger partial charge in [-0.15, -0.1) is 0 Å². The van der Waals surface area contributed by atoms with Crippen molar-refractivity contribution in [3.63, 3.8) is 0 Å². The number of benzene rings is 1. The molecule has 0 radical (unpaired) electrons. The molecule has 0 unspecified atom stereocenters. The molecule has 15 heavy (non-hydrogen) atoms. The van der Waals surface area contributed by atoms with E-state index < -0.39 is 0 Å². The summed E-state index contributed by atoms with van der Waals surface area (Å²) in [6, 6.07) is 7.16. The Kier molecular flexibility index (Phi) is 3.27. The standard InChI is InChI=1S/C12H14ClNO/c13-11-6-4-5-10(9-11)12(15)14-7-2-1-3-8-14/h4-6,9H,1-3,7-8H2. The molecule has 2 nitrogen and oxygen atoms in total. The Balaban J connectivity index is 2.12. The van der Waals surface area contributed by atoms with Crippen LogP contribution in [0.3, 0.4) is 0 Å². The lowest BCUT2D eigenvalue weighted by Crippen LogP contribution is -2.35. The molecule has 0 saturated carbocycles. The number of nitrogens with zero attached hydrogens (tertiary/aromatic N) is 1. The van der Waals surface area contributed by atoms with Crippen molar-refractivity contribution in [1.82, 2.24) is 4.90 Å². The lowest BCUT2D eigenvalue weighted by molar-refractivity contribution is 0.0724. The minimum atomic E-state index is 0.109. The van der Waals surface area contributed by atoms with Crippen LogP contribution in [0.5, 0.6) is 0 Å². The first kappa shape index (κ1) is 10.5. The molecular formula is C12H14ClNO. The maximum absolute atomic E-state index is 12.0. The smallest absolute Gasteiger partial charge is 0.253 e. The van der Waals surface area contributed by atoms with Crippen molar-refractivity contribution < 1.29 is 4.79 Å². The van der Waals surface area contributed by atoms with Crippen LogP contribution in [0.1, 0.15) is 29.6 Å². The summed E-state index contributed by atoms with van der Waals surface area (Å²) in [5.74, 6) is 0.109. The van der Waals surface area contributed by atoms with Crippen LogP contribution in [0.15, 0.2) is 24.3 Å². The SMILES string of the molecule is O=C(c1cccc(Cl)c1)N1CCCCC1. The fourth-order valence-electron chi connectivity index (χ4n) is 1.90. The Bertz CT molecular complexity index is 358. The molecule has 1 amide bonds. The highest BCUT2D eigenvalue weighted by molar-refractivity contribution is 6.30. The van der Waals surface area contributed by atoms with Gasteiger partial charge in [0, 0.05) is 23.7 Å². The first-order valence-corrected chi connectivity index (χ1v) is 5.70. The predicted octanol–water partition coefficient (Wildman–Crippen LogP) is 2.97. The number of likely N-dealkylation sites (tertiary alicyclic amines) is 1. The van der Waals surface area contributed by atoms with E-state index in [1.54, 1.807) is 12.1 Å². The maximum Gasteiger partial charge on any atom is 0.253 e. The highest BCUT2D eigenvalue weighted by atomic mass is 35.5. The van der Waals surface area contributed by atoms with Gasteiger partial charge in [-0.05, 0) is 37.5 Å². The van der Waals surface area contributed by atoms with Crippen LogP contribution < -0.4 is 0 Å². The molecule has 1 heterocycles. The van der Waals surface area contributed by atoms with E-state index in [4.69, 9.17) is 11.6 Å². The molecular weight excluding hydrogens is 210 g/mol. The zero-order chi connectivity index (χ0) is 10.7. The van der Waals surface area contributed by atoms with E-state index in [2.05, 4.69) is 0 Å². The van der Waals surface area contributed by atoms with E-state index in [1.807, 2.05) is 17.0 Å². The van der Waals surface area contributed by atoms with Crippen molar-refractivity contribution in [2.75, 3.05) is 13.1 Å². The van der Waals surface area contributed by atoms with Crippen LogP contribution in [0.2, 0.25) is 5.02 Å². The number of rotatable bonds is 1. The van der Waals surface area contributed by atoms with Gasteiger partial charge in [-0.1, -0.05) is 17.7 Å². The van der Waals surface area contributed by atoms with E-state index in [0.29, 0.717) is 10.6 Å². The molecule has 0 bridgehead atoms. The molecule has 0 aromatic heterocycles. The van der Waals surface area contributed by atoms with Crippen molar-refractivity contribution in [3.05, 3.63) is 34.9 Å². The van der Waals surface area contributed by atoms with Gasteiger partial charge in [0.2, 0.25) is 0 Å². The number of carbonyl (C=O) groups is 1. The minimum absolute atomic E-state index is 0.109. The molecule has 0 atom stereocenters. The lowest BCUT2D eigenvalue weighted by atomic mass is 10.1. The Hall–Kier alpha value is -1.02. The quantitative estimate of drug-likeness (QED) is 0.717. The van der Waals surface area contributed by atoms with Crippen molar-refractivity contribution >= 4 is 17.5 Å². The predicted molar refractivity (Wildman–Crippen MR) is 61.2 cm³/mol. The molecule has 0 aliphatic carbocycles. The van der Waals surface area contributed by atoms with Gasteiger partial charge in [0.25, 0.3) is 5.91 Å². The maximum atomic E-state index is 12.0. The fraction of sp³-hybridized carbons (Fsp3) is 0.417. The van der Waals surface area contributed by atoms with Gasteiger partial charge in [-0.25, -0.2) is 0 Å². The van der Waals surface area contributed by atoms with Crippen LogP contribution in [0.4, 0.5) is 0 Å². The summed E-state index contributed by atoms with van der Waals surface area (Å²) in [5.41, 5.74) is 0.699. The van der Waals surface area contributed by atoms with E-state index in [1.165, 1.54) is 6.42 Å². The number of halogens is 1. The largest absolute Gasteiger partial charge is 0.339 e. The molecule has 1 fully saturated rings. The summed E-state index contributed by atoms with van der Waals surface area (Å²) in [5, 5.41) is 0.623. The van der Waals surface area contributed by atoms with Gasteiger partial charge in [0.15, 0.2) is 0 Å². The number of carbonyl (C=O) groups excluding carboxylic acids is 1. The van der Waals surface area contributed by atoms with Crippen LogP contribution in [0, 0.1) is 0 Å². The second-order valence-electron chi connectivity index (χ2n) is 3.86. The second kappa shape index (κ2) is 4.67. The molecule has 1 saturated heterocycles. The molecule has 1 aliphatic rings. The summed E-state index contributed by atoms with van der Waals surface area (Å²) >= 11 is 5.86. The molecule has 1 aliphatic heterocycles. The number of hydrogen-bond acceptors (Lipinski definition) is 1. The molecule has 2 rings (SSSR count). The zero-order valence-electron chi connectivity index (χ0n) is 8.58. The number of piperidine rings is 1. The number of amides is 1. The summed E-state index contributed by atoms with van der Waals surface area (Å²) < 4.78 is 0. The zero-order valence-corrected chi connectivity index (χ0v) is 9.33. The van der Waals surface area contributed by atoms with E-state index in [-0.39, 0.29) is 5.91 Å². The number of hydrogen-bond donors (Lipinski definition) is 0. The van der Waals surface area contributed by atoms with Gasteiger partial charge >= 0.3 is 0 Å². The van der Waals surface area contributed by atoms with E-state index in [9.17, 15) is 4.79 Å². The first-order chi connectivity index (χ1) is 7.27. The lowest BCUT2D eigenvalue weighted by Gasteiger charge is -2.26. The Morgan fingerprint density at radius 1 is 1.20 bits per heavy atom. The van der Waals surface area contributed by atoms with Gasteiger partial charge in [0.05, 0.1) is 0 Å². The van der Waals surface area contributed by atoms with Gasteiger partial charge in [-0.2, -0.15) is 0 Å². The highest BCUT2D eigenvalue weighted by Gasteiger charge is 2.17. The summed E-state index contributed by atoms with van der Waals surface area (Å²) in [6.45, 7) is 1.76. The molecule has 0 N–H and O–H groups in total. The monoisotopic (exact) mass is 223 g/mol. The third-order valence-corrected chi connectivity index (χ3v) is 2.95. The van der Waals surface area contributed by atoms with Crippen molar-refractivity contribution in [3.8, 4) is 0 Å². The van der Waals surface area contributed by atoms with Crippen molar-refractivity contribution in [1.29, 1.82) is 0 Å². The summed E-state index contributed by atoms with van der Waals surface area (Å²) in [4.78, 5) is 13.9. The van der Waals surface area contributed by atoms with Gasteiger partial charge < -0.3 is 4.90 Å². The Labute approximate surface area is 94.8 Å². The van der Waals surface area contributed by atoms with Crippen LogP contribution in [-0.2, 0) is 0 Å². The third-order valence-electron chi connectivity index (χ3n) is 2.71. The van der Waals surface area contributed by atoms with Crippen LogP contribution in [-0.4, -0.2) is 23.9 Å². The topological polar surface area (TPSA) is 20.3 Å². The Morgan fingerprint density at radius 3 is 2.60 bits per heavy atom. The van der Waals surface area contributed by atoms with Crippen molar-refractivity contribution in [2.45, 2.75) is 19.3 Å². The van der Waals surface area contributed by atoms with Crippen molar-refractivity contribution in [2.24, 2.45) is 0 Å². The average Bonchev–Trinajstić information content (AvgIpc) is 2.29. The first-order valence-electron chi connectivity index (χ1n) is 5.32. The van der Waals surface area contributed by atoms with Gasteiger partial charge in [0.1, 0.15) is 0 Å². The molecule has 1 aromatic carbocycles. The van der Waals surface area contributed by atoms with Crippen LogP contribution >= 0.6 is 11.6 Å². The summed E-state index contributed by atoms with van der Waals surface area (Å²) in [7, 11) is 0. The highest BCUT2D eigenvalue weighted by Crippen LogP contribution is 2.16. The normalized spacial score (nSPS) is 16.5. The third kappa shape index (κ3) is 2.51. The average molecular weight is 224 g/mol. The Morgan fingerprint density at radius 2 is 1.93 bits per heavy atom. The molecule has 80 valence electrons. The van der Waals surface area contributed by atoms with E-state index >= 15 is 0 Å². The molecule has 0 spiro atoms. The van der Waals surface area contributed by atoms with Crippen LogP contribution in [0.25, 0.3) is 0 Å².